The highest BCUT2D eigenvalue weighted by Gasteiger charge is 2.46. The molecule has 1 aromatic heterocycles. The van der Waals surface area contributed by atoms with E-state index in [1.807, 2.05) is 25.7 Å². The molecule has 132 valence electrons. The molecular formula is C18H26N2O4. The molecule has 0 aromatic carbocycles. The van der Waals surface area contributed by atoms with E-state index in [2.05, 4.69) is 5.32 Å². The molecule has 1 N–H and O–H groups in total. The molecular weight excluding hydrogens is 308 g/mol. The topological polar surface area (TPSA) is 71.8 Å². The zero-order chi connectivity index (χ0) is 17.4. The highest BCUT2D eigenvalue weighted by Crippen LogP contribution is 2.52. The zero-order valence-corrected chi connectivity index (χ0v) is 14.7. The Labute approximate surface area is 142 Å². The molecule has 0 atom stereocenters. The number of carbonyl (C=O) groups excluding carboxylic acids is 2. The highest BCUT2D eigenvalue weighted by atomic mass is 16.6. The molecule has 6 nitrogen and oxygen atoms in total. The van der Waals surface area contributed by atoms with Crippen LogP contribution in [0.1, 0.15) is 62.6 Å². The quantitative estimate of drug-likeness (QED) is 0.920. The molecule has 0 unspecified atom stereocenters. The van der Waals surface area contributed by atoms with E-state index in [-0.39, 0.29) is 12.5 Å². The predicted molar refractivity (Wildman–Crippen MR) is 88.6 cm³/mol. The van der Waals surface area contributed by atoms with E-state index < -0.39 is 11.7 Å². The van der Waals surface area contributed by atoms with Crippen molar-refractivity contribution in [1.29, 1.82) is 0 Å². The molecule has 1 aliphatic heterocycles. The molecule has 0 radical (unpaired) electrons. The maximum absolute atomic E-state index is 12.6. The summed E-state index contributed by atoms with van der Waals surface area (Å²) in [6.07, 6.45) is 5.78. The minimum Gasteiger partial charge on any atom is -0.467 e. The third-order valence-corrected chi connectivity index (χ3v) is 4.61. The van der Waals surface area contributed by atoms with Crippen LogP contribution in [0.2, 0.25) is 0 Å². The second kappa shape index (κ2) is 6.15. The van der Waals surface area contributed by atoms with Gasteiger partial charge in [0.1, 0.15) is 17.6 Å². The number of amides is 2. The van der Waals surface area contributed by atoms with Crippen LogP contribution in [0.5, 0.6) is 0 Å². The number of rotatable bonds is 3. The van der Waals surface area contributed by atoms with Gasteiger partial charge in [-0.05, 0) is 57.9 Å². The summed E-state index contributed by atoms with van der Waals surface area (Å²) in [4.78, 5) is 26.2. The third-order valence-electron chi connectivity index (χ3n) is 4.61. The summed E-state index contributed by atoms with van der Waals surface area (Å²) in [5, 5.41) is 2.63. The van der Waals surface area contributed by atoms with Gasteiger partial charge in [-0.1, -0.05) is 0 Å². The fourth-order valence-electron chi connectivity index (χ4n) is 3.21. The lowest BCUT2D eigenvalue weighted by Gasteiger charge is -2.32. The van der Waals surface area contributed by atoms with Gasteiger partial charge in [-0.3, -0.25) is 4.79 Å². The number of nitrogens with one attached hydrogen (secondary N) is 1. The van der Waals surface area contributed by atoms with Crippen LogP contribution in [0.25, 0.3) is 0 Å². The lowest BCUT2D eigenvalue weighted by Crippen LogP contribution is -2.40. The van der Waals surface area contributed by atoms with Gasteiger partial charge in [0.15, 0.2) is 0 Å². The molecule has 2 fully saturated rings. The summed E-state index contributed by atoms with van der Waals surface area (Å²) >= 11 is 0. The number of alkyl carbamates (subject to hydrolysis) is 1. The maximum atomic E-state index is 12.6. The Morgan fingerprint density at radius 2 is 2.08 bits per heavy atom. The number of ether oxygens (including phenoxy) is 1. The Kier molecular flexibility index (Phi) is 4.32. The minimum atomic E-state index is -0.540. The van der Waals surface area contributed by atoms with Crippen molar-refractivity contribution >= 4 is 12.0 Å². The van der Waals surface area contributed by atoms with Gasteiger partial charge in [-0.2, -0.15) is 0 Å². The average molecular weight is 334 g/mol. The van der Waals surface area contributed by atoms with Gasteiger partial charge >= 0.3 is 6.09 Å². The van der Waals surface area contributed by atoms with Crippen molar-refractivity contribution in [3.05, 3.63) is 23.7 Å². The standard InChI is InChI=1S/C18H26N2O4/c1-17(2,3)24-16(22)19-10-14-9-13(11-23-14)15(21)20-8-4-5-18(12-20)6-7-18/h9,11H,4-8,10,12H2,1-3H3,(H,19,22). The number of carbonyl (C=O) groups is 2. The second-order valence-electron chi connectivity index (χ2n) is 7.99. The number of hydrogen-bond donors (Lipinski definition) is 1. The van der Waals surface area contributed by atoms with Crippen molar-refractivity contribution in [1.82, 2.24) is 10.2 Å². The van der Waals surface area contributed by atoms with Gasteiger partial charge in [0.25, 0.3) is 5.91 Å². The van der Waals surface area contributed by atoms with Crippen molar-refractivity contribution < 1.29 is 18.7 Å². The molecule has 0 bridgehead atoms. The third kappa shape index (κ3) is 4.10. The first-order valence-electron chi connectivity index (χ1n) is 8.60. The Bertz CT molecular complexity index is 625. The van der Waals surface area contributed by atoms with Crippen molar-refractivity contribution in [3.63, 3.8) is 0 Å². The van der Waals surface area contributed by atoms with Crippen LogP contribution in [0.15, 0.2) is 16.7 Å². The van der Waals surface area contributed by atoms with Gasteiger partial charge < -0.3 is 19.4 Å². The summed E-state index contributed by atoms with van der Waals surface area (Å²) in [6, 6.07) is 1.70. The van der Waals surface area contributed by atoms with Gasteiger partial charge in [-0.15, -0.1) is 0 Å². The van der Waals surface area contributed by atoms with Gasteiger partial charge in [-0.25, -0.2) is 4.79 Å². The van der Waals surface area contributed by atoms with Crippen LogP contribution in [0, 0.1) is 5.41 Å². The first-order valence-corrected chi connectivity index (χ1v) is 8.60. The lowest BCUT2D eigenvalue weighted by molar-refractivity contribution is 0.0519. The summed E-state index contributed by atoms with van der Waals surface area (Å²) in [5.74, 6) is 0.565. The van der Waals surface area contributed by atoms with Gasteiger partial charge in [0.05, 0.1) is 12.1 Å². The molecule has 1 aliphatic carbocycles. The van der Waals surface area contributed by atoms with Crippen LogP contribution >= 0.6 is 0 Å². The summed E-state index contributed by atoms with van der Waals surface area (Å²) in [7, 11) is 0. The molecule has 6 heteroatoms. The zero-order valence-electron chi connectivity index (χ0n) is 14.7. The molecule has 1 saturated carbocycles. The smallest absolute Gasteiger partial charge is 0.408 e. The number of piperidine rings is 1. The molecule has 2 heterocycles. The average Bonchev–Trinajstić information content (AvgIpc) is 3.07. The SMILES string of the molecule is CC(C)(C)OC(=O)NCc1cc(C(=O)N2CCCC3(CC3)C2)co1. The number of nitrogens with zero attached hydrogens (tertiary/aromatic N) is 1. The maximum Gasteiger partial charge on any atom is 0.408 e. The number of hydrogen-bond acceptors (Lipinski definition) is 4. The van der Waals surface area contributed by atoms with Crippen molar-refractivity contribution in [2.75, 3.05) is 13.1 Å². The highest BCUT2D eigenvalue weighted by molar-refractivity contribution is 5.94. The second-order valence-corrected chi connectivity index (χ2v) is 7.99. The molecule has 2 aliphatic rings. The largest absolute Gasteiger partial charge is 0.467 e. The fraction of sp³-hybridized carbons (Fsp3) is 0.667. The minimum absolute atomic E-state index is 0.0215. The Hall–Kier alpha value is -1.98. The summed E-state index contributed by atoms with van der Waals surface area (Å²) in [5.41, 5.74) is 0.411. The lowest BCUT2D eigenvalue weighted by atomic mass is 9.95. The molecule has 2 amide bonds. The van der Waals surface area contributed by atoms with Gasteiger partial charge in [0.2, 0.25) is 0 Å². The summed E-state index contributed by atoms with van der Waals surface area (Å²) in [6.45, 7) is 7.30. The molecule has 3 rings (SSSR count). The molecule has 1 saturated heterocycles. The van der Waals surface area contributed by atoms with E-state index in [0.29, 0.717) is 16.7 Å². The van der Waals surface area contributed by atoms with Crippen molar-refractivity contribution in [2.45, 2.75) is 58.6 Å². The molecule has 1 aromatic rings. The fourth-order valence-corrected chi connectivity index (χ4v) is 3.21. The monoisotopic (exact) mass is 334 g/mol. The molecule has 24 heavy (non-hydrogen) atoms. The van der Waals surface area contributed by atoms with Crippen LogP contribution in [-0.4, -0.2) is 35.6 Å². The van der Waals surface area contributed by atoms with Crippen LogP contribution in [0.3, 0.4) is 0 Å². The number of likely N-dealkylation sites (tertiary alicyclic amines) is 1. The van der Waals surface area contributed by atoms with E-state index in [9.17, 15) is 9.59 Å². The predicted octanol–water partition coefficient (Wildman–Crippen LogP) is 3.32. The van der Waals surface area contributed by atoms with Crippen LogP contribution in [0.4, 0.5) is 4.79 Å². The Morgan fingerprint density at radius 3 is 2.75 bits per heavy atom. The molecule has 1 spiro atoms. The Morgan fingerprint density at radius 1 is 1.33 bits per heavy atom. The first-order chi connectivity index (χ1) is 11.3. The van der Waals surface area contributed by atoms with Crippen LogP contribution in [-0.2, 0) is 11.3 Å². The van der Waals surface area contributed by atoms with E-state index in [4.69, 9.17) is 9.15 Å². The first kappa shape index (κ1) is 16.9. The van der Waals surface area contributed by atoms with E-state index in [1.54, 1.807) is 6.07 Å². The van der Waals surface area contributed by atoms with E-state index in [1.165, 1.54) is 25.5 Å². The Balaban J connectivity index is 1.53. The number of furan rings is 1. The normalized spacial score (nSPS) is 19.2. The van der Waals surface area contributed by atoms with Crippen LogP contribution < -0.4 is 5.32 Å². The summed E-state index contributed by atoms with van der Waals surface area (Å²) < 4.78 is 10.6. The van der Waals surface area contributed by atoms with Crippen molar-refractivity contribution in [3.8, 4) is 0 Å². The van der Waals surface area contributed by atoms with Crippen molar-refractivity contribution in [2.24, 2.45) is 5.41 Å². The van der Waals surface area contributed by atoms with E-state index in [0.717, 1.165) is 19.5 Å². The van der Waals surface area contributed by atoms with E-state index >= 15 is 0 Å². The van der Waals surface area contributed by atoms with Gasteiger partial charge in [0, 0.05) is 13.1 Å².